The van der Waals surface area contributed by atoms with Gasteiger partial charge in [0.05, 0.1) is 10.6 Å². The number of sulfonamides is 1. The normalized spacial score (nSPS) is 13.6. The highest BCUT2D eigenvalue weighted by Gasteiger charge is 2.29. The Labute approximate surface area is 175 Å². The number of benzene rings is 3. The van der Waals surface area contributed by atoms with Crippen LogP contribution in [-0.2, 0) is 16.4 Å². The zero-order chi connectivity index (χ0) is 20.4. The first kappa shape index (κ1) is 19.5. The number of hydrogen-bond donors (Lipinski definition) is 1. The fraction of sp³-hybridized carbons (Fsp3) is 0.136. The van der Waals surface area contributed by atoms with Crippen molar-refractivity contribution in [3.05, 3.63) is 88.9 Å². The lowest BCUT2D eigenvalue weighted by atomic mass is 10.0. The second kappa shape index (κ2) is 7.89. The van der Waals surface area contributed by atoms with Crippen molar-refractivity contribution in [2.45, 2.75) is 17.7 Å². The van der Waals surface area contributed by atoms with Crippen LogP contribution < -0.4 is 9.62 Å². The highest BCUT2D eigenvalue weighted by atomic mass is 35.5. The van der Waals surface area contributed by atoms with Gasteiger partial charge in [-0.25, -0.2) is 8.42 Å². The molecule has 3 aromatic rings. The van der Waals surface area contributed by atoms with E-state index < -0.39 is 10.0 Å². The Bertz CT molecular complexity index is 1150. The van der Waals surface area contributed by atoms with Crippen molar-refractivity contribution in [3.8, 4) is 0 Å². The molecule has 1 amide bonds. The molecule has 0 bridgehead atoms. The van der Waals surface area contributed by atoms with Crippen LogP contribution in [0.2, 0.25) is 5.02 Å². The monoisotopic (exact) mass is 426 g/mol. The van der Waals surface area contributed by atoms with E-state index in [-0.39, 0.29) is 10.8 Å². The second-order valence-corrected chi connectivity index (χ2v) is 9.10. The maximum absolute atomic E-state index is 13.1. The number of hydrogen-bond acceptors (Lipinski definition) is 3. The third kappa shape index (κ3) is 3.99. The van der Waals surface area contributed by atoms with Crippen LogP contribution in [0.5, 0.6) is 0 Å². The van der Waals surface area contributed by atoms with Crippen LogP contribution in [0, 0.1) is 0 Å². The number of rotatable bonds is 4. The third-order valence-corrected chi connectivity index (χ3v) is 6.93. The molecule has 148 valence electrons. The number of aryl methyl sites for hydroxylation is 1. The van der Waals surface area contributed by atoms with Gasteiger partial charge in [0.25, 0.3) is 15.9 Å². The fourth-order valence-electron chi connectivity index (χ4n) is 3.41. The number of nitrogens with zero attached hydrogens (tertiary/aromatic N) is 1. The lowest BCUT2D eigenvalue weighted by molar-refractivity contribution is 0.102. The summed E-state index contributed by atoms with van der Waals surface area (Å²) in [5.41, 5.74) is 2.66. The van der Waals surface area contributed by atoms with E-state index in [0.29, 0.717) is 41.3 Å². The Morgan fingerprint density at radius 3 is 2.41 bits per heavy atom. The second-order valence-electron chi connectivity index (χ2n) is 6.80. The lowest BCUT2D eigenvalue weighted by Gasteiger charge is -2.30. The van der Waals surface area contributed by atoms with Gasteiger partial charge in [0.1, 0.15) is 0 Å². The Morgan fingerprint density at radius 2 is 1.69 bits per heavy atom. The molecule has 3 aromatic carbocycles. The highest BCUT2D eigenvalue weighted by Crippen LogP contribution is 2.33. The topological polar surface area (TPSA) is 66.5 Å². The van der Waals surface area contributed by atoms with Gasteiger partial charge < -0.3 is 5.32 Å². The zero-order valence-corrected chi connectivity index (χ0v) is 17.1. The summed E-state index contributed by atoms with van der Waals surface area (Å²) in [6, 6.07) is 20.5. The Balaban J connectivity index is 1.63. The van der Waals surface area contributed by atoms with Gasteiger partial charge >= 0.3 is 0 Å². The summed E-state index contributed by atoms with van der Waals surface area (Å²) in [7, 11) is -3.70. The maximum Gasteiger partial charge on any atom is 0.264 e. The maximum atomic E-state index is 13.1. The van der Waals surface area contributed by atoms with Gasteiger partial charge in [0.15, 0.2) is 0 Å². The quantitative estimate of drug-likeness (QED) is 0.655. The first-order valence-electron chi connectivity index (χ1n) is 9.23. The first-order valence-corrected chi connectivity index (χ1v) is 11.0. The molecule has 0 unspecified atom stereocenters. The molecule has 5 nitrogen and oxygen atoms in total. The smallest absolute Gasteiger partial charge is 0.264 e. The predicted octanol–water partition coefficient (Wildman–Crippen LogP) is 4.73. The van der Waals surface area contributed by atoms with Crippen LogP contribution in [0.25, 0.3) is 0 Å². The van der Waals surface area contributed by atoms with Crippen molar-refractivity contribution in [2.75, 3.05) is 16.2 Å². The minimum absolute atomic E-state index is 0.195. The van der Waals surface area contributed by atoms with Gasteiger partial charge in [-0.05, 0) is 73.0 Å². The van der Waals surface area contributed by atoms with Gasteiger partial charge in [0.2, 0.25) is 0 Å². The number of nitrogens with one attached hydrogen (secondary N) is 1. The molecule has 0 spiro atoms. The zero-order valence-electron chi connectivity index (χ0n) is 15.5. The van der Waals surface area contributed by atoms with E-state index in [0.717, 1.165) is 5.56 Å². The summed E-state index contributed by atoms with van der Waals surface area (Å²) in [5.74, 6) is -0.225. The average molecular weight is 427 g/mol. The molecular formula is C22H19ClN2O3S. The summed E-state index contributed by atoms with van der Waals surface area (Å²) < 4.78 is 27.7. The summed E-state index contributed by atoms with van der Waals surface area (Å²) in [6.45, 7) is 0.396. The van der Waals surface area contributed by atoms with E-state index in [9.17, 15) is 13.2 Å². The highest BCUT2D eigenvalue weighted by molar-refractivity contribution is 7.92. The summed E-state index contributed by atoms with van der Waals surface area (Å²) >= 11 is 5.89. The first-order chi connectivity index (χ1) is 13.9. The van der Waals surface area contributed by atoms with Crippen molar-refractivity contribution >= 4 is 38.9 Å². The fourth-order valence-corrected chi connectivity index (χ4v) is 5.08. The molecule has 4 rings (SSSR count). The molecule has 0 saturated carbocycles. The Morgan fingerprint density at radius 1 is 0.966 bits per heavy atom. The molecule has 0 atom stereocenters. The Hall–Kier alpha value is -2.83. The van der Waals surface area contributed by atoms with Crippen LogP contribution in [0.15, 0.2) is 77.7 Å². The molecule has 0 radical (unpaired) electrons. The molecule has 7 heteroatoms. The largest absolute Gasteiger partial charge is 0.322 e. The minimum atomic E-state index is -3.70. The van der Waals surface area contributed by atoms with Crippen molar-refractivity contribution < 1.29 is 13.2 Å². The van der Waals surface area contributed by atoms with E-state index in [1.807, 2.05) is 30.3 Å². The van der Waals surface area contributed by atoms with Gasteiger partial charge in [-0.1, -0.05) is 29.8 Å². The number of halogens is 1. The molecule has 0 aliphatic carbocycles. The SMILES string of the molecule is O=C(Nc1ccccc1)c1ccc2c(c1)CCCN2S(=O)(=O)c1ccc(Cl)cc1. The van der Waals surface area contributed by atoms with Gasteiger partial charge in [-0.3, -0.25) is 9.10 Å². The van der Waals surface area contributed by atoms with Crippen LogP contribution >= 0.6 is 11.6 Å². The predicted molar refractivity (Wildman–Crippen MR) is 115 cm³/mol. The van der Waals surface area contributed by atoms with Gasteiger partial charge in [0, 0.05) is 22.8 Å². The molecule has 0 fully saturated rings. The van der Waals surface area contributed by atoms with E-state index in [1.165, 1.54) is 16.4 Å². The van der Waals surface area contributed by atoms with E-state index in [2.05, 4.69) is 5.32 Å². The van der Waals surface area contributed by atoms with Crippen LogP contribution in [0.1, 0.15) is 22.3 Å². The molecule has 1 N–H and O–H groups in total. The summed E-state index contributed by atoms with van der Waals surface area (Å²) in [5, 5.41) is 3.34. The molecule has 0 saturated heterocycles. The van der Waals surface area contributed by atoms with Gasteiger partial charge in [-0.2, -0.15) is 0 Å². The molecule has 1 aliphatic rings. The Kier molecular flexibility index (Phi) is 5.30. The van der Waals surface area contributed by atoms with E-state index in [1.54, 1.807) is 30.3 Å². The number of fused-ring (bicyclic) bond motifs is 1. The van der Waals surface area contributed by atoms with Crippen LogP contribution in [0.3, 0.4) is 0 Å². The molecule has 0 aromatic heterocycles. The van der Waals surface area contributed by atoms with E-state index >= 15 is 0 Å². The van der Waals surface area contributed by atoms with E-state index in [4.69, 9.17) is 11.6 Å². The molecule has 1 aliphatic heterocycles. The minimum Gasteiger partial charge on any atom is -0.322 e. The van der Waals surface area contributed by atoms with Crippen LogP contribution in [-0.4, -0.2) is 20.9 Å². The van der Waals surface area contributed by atoms with Crippen molar-refractivity contribution in [2.24, 2.45) is 0 Å². The summed E-state index contributed by atoms with van der Waals surface area (Å²) in [6.07, 6.45) is 1.40. The van der Waals surface area contributed by atoms with Crippen molar-refractivity contribution in [1.82, 2.24) is 0 Å². The number of anilines is 2. The number of carbonyl (C=O) groups excluding carboxylic acids is 1. The molecular weight excluding hydrogens is 408 g/mol. The molecule has 29 heavy (non-hydrogen) atoms. The van der Waals surface area contributed by atoms with Crippen molar-refractivity contribution in [1.29, 1.82) is 0 Å². The van der Waals surface area contributed by atoms with Gasteiger partial charge in [-0.15, -0.1) is 0 Å². The summed E-state index contributed by atoms with van der Waals surface area (Å²) in [4.78, 5) is 12.8. The lowest BCUT2D eigenvalue weighted by Crippen LogP contribution is -2.35. The van der Waals surface area contributed by atoms with Crippen molar-refractivity contribution in [3.63, 3.8) is 0 Å². The number of para-hydroxylation sites is 1. The van der Waals surface area contributed by atoms with Crippen LogP contribution in [0.4, 0.5) is 11.4 Å². The third-order valence-electron chi connectivity index (χ3n) is 4.85. The number of carbonyl (C=O) groups is 1. The number of amides is 1. The molecule has 1 heterocycles. The average Bonchev–Trinajstić information content (AvgIpc) is 2.74. The standard InChI is InChI=1S/C22H19ClN2O3S/c23-18-9-11-20(12-10-18)29(27,28)25-14-4-5-16-15-17(8-13-21(16)25)22(26)24-19-6-2-1-3-7-19/h1-3,6-13,15H,4-5,14H2,(H,24,26).